The smallest absolute Gasteiger partial charge is 0.257 e. The number of morpholine rings is 1. The number of hydrogen-bond acceptors (Lipinski definition) is 6. The predicted molar refractivity (Wildman–Crippen MR) is 265 cm³/mol. The first-order valence-electron chi connectivity index (χ1n) is 24.0. The molecule has 11 heteroatoms. The molecule has 0 saturated carbocycles. The fourth-order valence-corrected chi connectivity index (χ4v) is 8.68. The van der Waals surface area contributed by atoms with Crippen molar-refractivity contribution in [1.82, 2.24) is 25.0 Å². The number of benzene rings is 2. The van der Waals surface area contributed by atoms with Gasteiger partial charge in [0.05, 0.1) is 31.1 Å². The molecular formula is C55H70FN5O5. The molecule has 1 unspecified atom stereocenters. The number of likely N-dealkylation sites (tertiary alicyclic amines) is 1. The summed E-state index contributed by atoms with van der Waals surface area (Å²) in [5, 5.41) is 3.97. The lowest BCUT2D eigenvalue weighted by atomic mass is 9.81. The summed E-state index contributed by atoms with van der Waals surface area (Å²) in [7, 11) is 0. The Morgan fingerprint density at radius 1 is 0.848 bits per heavy atom. The molecule has 6 rings (SSSR count). The van der Waals surface area contributed by atoms with Gasteiger partial charge in [0.15, 0.2) is 0 Å². The van der Waals surface area contributed by atoms with Crippen LogP contribution >= 0.6 is 0 Å². The maximum atomic E-state index is 14.5. The minimum atomic E-state index is -0.622. The molecule has 2 saturated heterocycles. The van der Waals surface area contributed by atoms with Crippen molar-refractivity contribution < 1.29 is 28.2 Å². The van der Waals surface area contributed by atoms with Gasteiger partial charge in [-0.2, -0.15) is 0 Å². The molecule has 4 heterocycles. The summed E-state index contributed by atoms with van der Waals surface area (Å²) in [6.07, 6.45) is 35.9. The zero-order valence-electron chi connectivity index (χ0n) is 39.3. The average Bonchev–Trinajstić information content (AvgIpc) is 3.92. The molecule has 0 spiro atoms. The van der Waals surface area contributed by atoms with Crippen LogP contribution in [0.1, 0.15) is 107 Å². The quantitative estimate of drug-likeness (QED) is 0.0768. The molecule has 3 amide bonds. The standard InChI is InChI=1S/C55H70FN5O5/c1-4-5-6-7-8-9-10-11-12-13-14-15-16-17-18-19-20-21-22-24-50(62)60-33-31-45(40-60)57-53(63)48-41-61(42-55(2,3)51-47-30-27-44(56)39-49(47)58-52(48)51)54(64)43-25-28-46(29-26-43)66-36-23-32-59-34-37-65-38-35-59/h5-6,8-9,11-12,14-15,17-18,20-21,25-30,39,41,45,58H,4,7,10,13,16,19,22-24,31-38,40,42H2,1-3H3,(H,57,63). The van der Waals surface area contributed by atoms with Crippen LogP contribution in [-0.2, 0) is 19.7 Å². The summed E-state index contributed by atoms with van der Waals surface area (Å²) < 4.78 is 25.9. The molecule has 352 valence electrons. The van der Waals surface area contributed by atoms with E-state index in [0.29, 0.717) is 61.5 Å². The van der Waals surface area contributed by atoms with Crippen molar-refractivity contribution >= 4 is 34.2 Å². The number of halogens is 1. The van der Waals surface area contributed by atoms with Crippen LogP contribution in [0.25, 0.3) is 16.5 Å². The highest BCUT2D eigenvalue weighted by molar-refractivity contribution is 6.21. The second-order valence-corrected chi connectivity index (χ2v) is 17.9. The van der Waals surface area contributed by atoms with E-state index in [9.17, 15) is 18.8 Å². The predicted octanol–water partition coefficient (Wildman–Crippen LogP) is 10.4. The van der Waals surface area contributed by atoms with Gasteiger partial charge < -0.3 is 29.6 Å². The number of nitrogens with one attached hydrogen (secondary N) is 2. The molecule has 3 aliphatic rings. The lowest BCUT2D eigenvalue weighted by molar-refractivity contribution is -0.130. The van der Waals surface area contributed by atoms with Gasteiger partial charge in [-0.05, 0) is 106 Å². The zero-order valence-corrected chi connectivity index (χ0v) is 39.3. The van der Waals surface area contributed by atoms with Gasteiger partial charge in [-0.1, -0.05) is 93.7 Å². The van der Waals surface area contributed by atoms with Crippen molar-refractivity contribution in [3.63, 3.8) is 0 Å². The monoisotopic (exact) mass is 900 g/mol. The Kier molecular flexibility index (Phi) is 19.4. The largest absolute Gasteiger partial charge is 0.494 e. The summed E-state index contributed by atoms with van der Waals surface area (Å²) in [6.45, 7) is 12.4. The van der Waals surface area contributed by atoms with Crippen LogP contribution in [0.4, 0.5) is 4.39 Å². The van der Waals surface area contributed by atoms with Gasteiger partial charge in [0.25, 0.3) is 11.8 Å². The number of rotatable bonds is 22. The molecule has 0 bridgehead atoms. The molecule has 3 aromatic rings. The Balaban J connectivity index is 0.994. The highest BCUT2D eigenvalue weighted by Crippen LogP contribution is 2.40. The lowest BCUT2D eigenvalue weighted by Gasteiger charge is -2.29. The van der Waals surface area contributed by atoms with E-state index in [-0.39, 0.29) is 41.7 Å². The van der Waals surface area contributed by atoms with E-state index in [1.807, 2.05) is 30.9 Å². The number of carbonyl (C=O) groups is 3. The highest BCUT2D eigenvalue weighted by atomic mass is 19.1. The maximum Gasteiger partial charge on any atom is 0.257 e. The van der Waals surface area contributed by atoms with Crippen LogP contribution < -0.4 is 10.1 Å². The van der Waals surface area contributed by atoms with E-state index in [0.717, 1.165) is 88.7 Å². The van der Waals surface area contributed by atoms with E-state index < -0.39 is 5.41 Å². The minimum absolute atomic E-state index is 0.0582. The number of H-pyrrole nitrogens is 1. The minimum Gasteiger partial charge on any atom is -0.494 e. The van der Waals surface area contributed by atoms with Gasteiger partial charge in [0, 0.05) is 79.8 Å². The van der Waals surface area contributed by atoms with E-state index >= 15 is 0 Å². The third kappa shape index (κ3) is 14.9. The summed E-state index contributed by atoms with van der Waals surface area (Å²) in [6, 6.07) is 11.5. The van der Waals surface area contributed by atoms with Crippen molar-refractivity contribution in [2.75, 3.05) is 59.1 Å². The molecule has 1 aromatic heterocycles. The number of aromatic nitrogens is 1. The molecule has 1 atom stereocenters. The van der Waals surface area contributed by atoms with Crippen LogP contribution in [0.3, 0.4) is 0 Å². The first kappa shape index (κ1) is 49.6. The molecule has 2 aromatic carbocycles. The van der Waals surface area contributed by atoms with Crippen molar-refractivity contribution in [1.29, 1.82) is 0 Å². The Bertz CT molecular complexity index is 2280. The van der Waals surface area contributed by atoms with Gasteiger partial charge >= 0.3 is 0 Å². The van der Waals surface area contributed by atoms with E-state index in [1.54, 1.807) is 29.3 Å². The van der Waals surface area contributed by atoms with Crippen molar-refractivity contribution in [2.24, 2.45) is 0 Å². The van der Waals surface area contributed by atoms with Crippen LogP contribution in [0.15, 0.2) is 122 Å². The van der Waals surface area contributed by atoms with Gasteiger partial charge in [0.1, 0.15) is 11.6 Å². The number of amides is 3. The molecule has 0 aliphatic carbocycles. The van der Waals surface area contributed by atoms with E-state index in [4.69, 9.17) is 9.47 Å². The molecule has 10 nitrogen and oxygen atoms in total. The normalized spacial score (nSPS) is 18.2. The van der Waals surface area contributed by atoms with Crippen LogP contribution in [0, 0.1) is 5.82 Å². The van der Waals surface area contributed by atoms with Gasteiger partial charge in [-0.25, -0.2) is 4.39 Å². The second-order valence-electron chi connectivity index (χ2n) is 17.9. The Morgan fingerprint density at radius 2 is 1.48 bits per heavy atom. The van der Waals surface area contributed by atoms with E-state index in [2.05, 4.69) is 95.0 Å². The SMILES string of the molecule is CCC=CCC=CCC=CCC=CCC=CCC=CCCC(=O)N1CCC(NC(=O)C2=CN(C(=O)c3ccc(OCCCN4CCOCC4)cc3)CC(C)(C)c3c2[nH]c2cc(F)ccc32)C1. The summed E-state index contributed by atoms with van der Waals surface area (Å²) >= 11 is 0. The summed E-state index contributed by atoms with van der Waals surface area (Å²) in [5.41, 5.74) is 2.10. The molecule has 2 fully saturated rings. The molecular weight excluding hydrogens is 830 g/mol. The topological polar surface area (TPSA) is 107 Å². The zero-order chi connectivity index (χ0) is 46.6. The molecule has 3 aliphatic heterocycles. The number of carbonyl (C=O) groups excluding carboxylic acids is 3. The van der Waals surface area contributed by atoms with Gasteiger partial charge in [-0.15, -0.1) is 0 Å². The molecule has 2 N–H and O–H groups in total. The summed E-state index contributed by atoms with van der Waals surface area (Å²) in [4.78, 5) is 51.0. The third-order valence-electron chi connectivity index (χ3n) is 12.2. The fourth-order valence-electron chi connectivity index (χ4n) is 8.68. The third-order valence-corrected chi connectivity index (χ3v) is 12.2. The van der Waals surface area contributed by atoms with Crippen molar-refractivity contribution in [2.45, 2.75) is 96.4 Å². The van der Waals surface area contributed by atoms with Crippen molar-refractivity contribution in [3.8, 4) is 5.75 Å². The maximum absolute atomic E-state index is 14.5. The molecule has 0 radical (unpaired) electrons. The van der Waals surface area contributed by atoms with Gasteiger partial charge in [-0.3, -0.25) is 19.3 Å². The number of allylic oxidation sites excluding steroid dienone is 12. The second kappa shape index (κ2) is 25.8. The number of nitrogens with zero attached hydrogens (tertiary/aromatic N) is 3. The number of fused-ring (bicyclic) bond motifs is 3. The first-order chi connectivity index (χ1) is 32.1. The Hall–Kier alpha value is -5.78. The summed E-state index contributed by atoms with van der Waals surface area (Å²) in [5.74, 6) is -0.256. The molecule has 66 heavy (non-hydrogen) atoms. The lowest BCUT2D eigenvalue weighted by Crippen LogP contribution is -2.39. The number of aromatic amines is 1. The first-order valence-corrected chi connectivity index (χ1v) is 24.0. The Labute approximate surface area is 391 Å². The van der Waals surface area contributed by atoms with Crippen LogP contribution in [-0.4, -0.2) is 103 Å². The highest BCUT2D eigenvalue weighted by Gasteiger charge is 2.38. The average molecular weight is 900 g/mol. The van der Waals surface area contributed by atoms with Crippen LogP contribution in [0.2, 0.25) is 0 Å². The van der Waals surface area contributed by atoms with Crippen LogP contribution in [0.5, 0.6) is 5.75 Å². The number of hydrogen-bond donors (Lipinski definition) is 2. The van der Waals surface area contributed by atoms with Gasteiger partial charge in [0.2, 0.25) is 5.91 Å². The fraction of sp³-hybridized carbons (Fsp3) is 0.436. The Morgan fingerprint density at radius 3 is 2.14 bits per heavy atom. The number of ether oxygens (including phenoxy) is 2. The van der Waals surface area contributed by atoms with E-state index in [1.165, 1.54) is 12.1 Å². The van der Waals surface area contributed by atoms with Crippen molar-refractivity contribution in [3.05, 3.63) is 144 Å².